The zero-order chi connectivity index (χ0) is 19.6. The number of carbonyl (C=O) groups excluding carboxylic acids is 1. The molecule has 0 spiro atoms. The van der Waals surface area contributed by atoms with E-state index in [0.29, 0.717) is 6.54 Å². The lowest BCUT2D eigenvalue weighted by Gasteiger charge is -2.30. The molecule has 5 nitrogen and oxygen atoms in total. The summed E-state index contributed by atoms with van der Waals surface area (Å²) in [5.74, 6) is 0. The molecule has 2 aromatic rings. The largest absolute Gasteiger partial charge is 0.378 e. The highest BCUT2D eigenvalue weighted by molar-refractivity contribution is 5.89. The van der Waals surface area contributed by atoms with E-state index in [2.05, 4.69) is 53.6 Å². The Bertz CT molecular complexity index is 681. The van der Waals surface area contributed by atoms with E-state index in [0.717, 1.165) is 30.9 Å². The number of nitrogens with zero attached hydrogens (tertiary/aromatic N) is 2. The van der Waals surface area contributed by atoms with Gasteiger partial charge in [0.15, 0.2) is 0 Å². The van der Waals surface area contributed by atoms with Crippen molar-refractivity contribution in [3.63, 3.8) is 0 Å². The van der Waals surface area contributed by atoms with Gasteiger partial charge in [-0.2, -0.15) is 0 Å². The van der Waals surface area contributed by atoms with Crippen LogP contribution in [0.4, 0.5) is 16.2 Å². The van der Waals surface area contributed by atoms with Crippen molar-refractivity contribution in [2.45, 2.75) is 26.3 Å². The molecule has 5 heteroatoms. The summed E-state index contributed by atoms with van der Waals surface area (Å²) in [5.41, 5.74) is 3.18. The van der Waals surface area contributed by atoms with Gasteiger partial charge in [0.25, 0.3) is 0 Å². The second-order valence-electron chi connectivity index (χ2n) is 6.84. The molecular weight excluding hydrogens is 336 g/mol. The van der Waals surface area contributed by atoms with Gasteiger partial charge < -0.3 is 15.5 Å². The third-order valence-corrected chi connectivity index (χ3v) is 4.78. The minimum Gasteiger partial charge on any atom is -0.378 e. The summed E-state index contributed by atoms with van der Waals surface area (Å²) in [4.78, 5) is 16.8. The number of anilines is 2. The molecule has 0 heterocycles. The molecule has 0 saturated heterocycles. The monoisotopic (exact) mass is 368 g/mol. The van der Waals surface area contributed by atoms with E-state index < -0.39 is 0 Å². The van der Waals surface area contributed by atoms with E-state index in [-0.39, 0.29) is 12.1 Å². The Morgan fingerprint density at radius 2 is 1.59 bits per heavy atom. The third kappa shape index (κ3) is 6.61. The van der Waals surface area contributed by atoms with Crippen molar-refractivity contribution in [1.29, 1.82) is 0 Å². The molecule has 27 heavy (non-hydrogen) atoms. The van der Waals surface area contributed by atoms with Gasteiger partial charge in [-0.25, -0.2) is 4.79 Å². The molecule has 2 amide bonds. The summed E-state index contributed by atoms with van der Waals surface area (Å²) < 4.78 is 0. The number of carbonyl (C=O) groups is 1. The maximum Gasteiger partial charge on any atom is 0.319 e. The molecule has 2 aromatic carbocycles. The van der Waals surface area contributed by atoms with Crippen LogP contribution >= 0.6 is 0 Å². The van der Waals surface area contributed by atoms with Crippen LogP contribution in [0.25, 0.3) is 0 Å². The maximum absolute atomic E-state index is 12.3. The van der Waals surface area contributed by atoms with Crippen LogP contribution in [0, 0.1) is 0 Å². The standard InChI is InChI=1S/C22H32N4O/c1-5-26(6-2)21(16-18-10-8-7-9-11-18)17-23-22(27)24-19-12-14-20(15-13-19)25(3)4/h7-15,21H,5-6,16-17H2,1-4H3,(H2,23,24,27). The van der Waals surface area contributed by atoms with E-state index in [9.17, 15) is 4.79 Å². The molecule has 0 aliphatic heterocycles. The third-order valence-electron chi connectivity index (χ3n) is 4.78. The van der Waals surface area contributed by atoms with E-state index >= 15 is 0 Å². The second kappa shape index (κ2) is 10.6. The van der Waals surface area contributed by atoms with Crippen molar-refractivity contribution in [2.24, 2.45) is 0 Å². The quantitative estimate of drug-likeness (QED) is 0.707. The summed E-state index contributed by atoms with van der Waals surface area (Å²) >= 11 is 0. The van der Waals surface area contributed by atoms with Crippen molar-refractivity contribution in [1.82, 2.24) is 10.2 Å². The Labute approximate surface area is 163 Å². The SMILES string of the molecule is CCN(CC)C(CNC(=O)Nc1ccc(N(C)C)cc1)Cc1ccccc1. The first-order valence-corrected chi connectivity index (χ1v) is 9.63. The number of urea groups is 1. The van der Waals surface area contributed by atoms with E-state index in [4.69, 9.17) is 0 Å². The molecule has 0 saturated carbocycles. The maximum atomic E-state index is 12.3. The normalized spacial score (nSPS) is 11.9. The highest BCUT2D eigenvalue weighted by Crippen LogP contribution is 2.15. The molecule has 146 valence electrons. The fourth-order valence-electron chi connectivity index (χ4n) is 3.19. The lowest BCUT2D eigenvalue weighted by molar-refractivity contribution is 0.207. The summed E-state index contributed by atoms with van der Waals surface area (Å²) in [6.45, 7) is 6.85. The van der Waals surface area contributed by atoms with Crippen LogP contribution in [-0.2, 0) is 6.42 Å². The molecule has 2 N–H and O–H groups in total. The summed E-state index contributed by atoms with van der Waals surface area (Å²) in [6.07, 6.45) is 0.917. The van der Waals surface area contributed by atoms with Crippen molar-refractivity contribution < 1.29 is 4.79 Å². The zero-order valence-electron chi connectivity index (χ0n) is 16.9. The molecule has 0 aliphatic carbocycles. The van der Waals surface area contributed by atoms with Crippen LogP contribution in [0.15, 0.2) is 54.6 Å². The number of amides is 2. The average Bonchev–Trinajstić information content (AvgIpc) is 2.68. The van der Waals surface area contributed by atoms with Crippen LogP contribution in [0.3, 0.4) is 0 Å². The van der Waals surface area contributed by atoms with E-state index in [1.54, 1.807) is 0 Å². The number of rotatable bonds is 9. The topological polar surface area (TPSA) is 47.6 Å². The molecule has 0 fully saturated rings. The van der Waals surface area contributed by atoms with E-state index in [1.165, 1.54) is 5.56 Å². The minimum atomic E-state index is -0.169. The Kier molecular flexibility index (Phi) is 8.14. The van der Waals surface area contributed by atoms with Gasteiger partial charge in [-0.05, 0) is 49.3 Å². The Morgan fingerprint density at radius 1 is 0.963 bits per heavy atom. The number of hydrogen-bond acceptors (Lipinski definition) is 3. The van der Waals surface area contributed by atoms with Crippen LogP contribution in [0.1, 0.15) is 19.4 Å². The van der Waals surface area contributed by atoms with Gasteiger partial charge in [-0.15, -0.1) is 0 Å². The lowest BCUT2D eigenvalue weighted by atomic mass is 10.0. The first-order valence-electron chi connectivity index (χ1n) is 9.63. The molecule has 1 atom stereocenters. The predicted octanol–water partition coefficient (Wildman–Crippen LogP) is 3.83. The van der Waals surface area contributed by atoms with Gasteiger partial charge in [0.05, 0.1) is 0 Å². The molecule has 0 radical (unpaired) electrons. The number of hydrogen-bond donors (Lipinski definition) is 2. The van der Waals surface area contributed by atoms with E-state index in [1.807, 2.05) is 49.3 Å². The lowest BCUT2D eigenvalue weighted by Crippen LogP contribution is -2.46. The van der Waals surface area contributed by atoms with Crippen LogP contribution in [0.2, 0.25) is 0 Å². The number of likely N-dealkylation sites (N-methyl/N-ethyl adjacent to an activating group) is 1. The zero-order valence-corrected chi connectivity index (χ0v) is 16.9. The first-order chi connectivity index (χ1) is 13.0. The first kappa shape index (κ1) is 20.8. The van der Waals surface area contributed by atoms with Gasteiger partial charge in [0, 0.05) is 38.1 Å². The number of nitrogens with one attached hydrogen (secondary N) is 2. The van der Waals surface area contributed by atoms with Gasteiger partial charge in [0.2, 0.25) is 0 Å². The Hall–Kier alpha value is -2.53. The Balaban J connectivity index is 1.93. The predicted molar refractivity (Wildman–Crippen MR) is 115 cm³/mol. The van der Waals surface area contributed by atoms with Crippen molar-refractivity contribution in [3.8, 4) is 0 Å². The van der Waals surface area contributed by atoms with Crippen LogP contribution < -0.4 is 15.5 Å². The van der Waals surface area contributed by atoms with Gasteiger partial charge in [0.1, 0.15) is 0 Å². The van der Waals surface area contributed by atoms with Gasteiger partial charge in [-0.3, -0.25) is 4.90 Å². The smallest absolute Gasteiger partial charge is 0.319 e. The van der Waals surface area contributed by atoms with Crippen LogP contribution in [0.5, 0.6) is 0 Å². The van der Waals surface area contributed by atoms with Gasteiger partial charge >= 0.3 is 6.03 Å². The fraction of sp³-hybridized carbons (Fsp3) is 0.409. The number of benzene rings is 2. The minimum absolute atomic E-state index is 0.169. The summed E-state index contributed by atoms with van der Waals surface area (Å²) in [6, 6.07) is 18.4. The van der Waals surface area contributed by atoms with Gasteiger partial charge in [-0.1, -0.05) is 44.2 Å². The molecular formula is C22H32N4O. The summed E-state index contributed by atoms with van der Waals surface area (Å²) in [5, 5.41) is 5.95. The van der Waals surface area contributed by atoms with Crippen molar-refractivity contribution >= 4 is 17.4 Å². The molecule has 1 unspecified atom stereocenters. The Morgan fingerprint density at radius 3 is 2.15 bits per heavy atom. The van der Waals surface area contributed by atoms with Crippen LogP contribution in [-0.4, -0.2) is 50.7 Å². The highest BCUT2D eigenvalue weighted by Gasteiger charge is 2.17. The second-order valence-corrected chi connectivity index (χ2v) is 6.84. The van der Waals surface area contributed by atoms with Crippen molar-refractivity contribution in [3.05, 3.63) is 60.2 Å². The fourth-order valence-corrected chi connectivity index (χ4v) is 3.19. The van der Waals surface area contributed by atoms with Crippen molar-refractivity contribution in [2.75, 3.05) is 43.9 Å². The highest BCUT2D eigenvalue weighted by atomic mass is 16.2. The molecule has 0 aliphatic rings. The molecule has 0 bridgehead atoms. The average molecular weight is 369 g/mol. The molecule has 0 aromatic heterocycles. The molecule has 2 rings (SSSR count). The summed E-state index contributed by atoms with van der Waals surface area (Å²) in [7, 11) is 3.99.